The molecule has 4 heteroatoms. The Bertz CT molecular complexity index is 446. The lowest BCUT2D eigenvalue weighted by atomic mass is 9.87. The lowest BCUT2D eigenvalue weighted by Crippen LogP contribution is -2.56. The topological polar surface area (TPSA) is 28.6 Å². The van der Waals surface area contributed by atoms with Gasteiger partial charge in [0.05, 0.1) is 25.1 Å². The van der Waals surface area contributed by atoms with E-state index in [1.807, 2.05) is 6.20 Å². The van der Waals surface area contributed by atoms with E-state index < -0.39 is 0 Å². The average Bonchev–Trinajstić information content (AvgIpc) is 2.57. The molecule has 2 aliphatic heterocycles. The molecule has 21 heavy (non-hydrogen) atoms. The summed E-state index contributed by atoms with van der Waals surface area (Å²) in [6.07, 6.45) is 5.50. The molecule has 0 bridgehead atoms. The summed E-state index contributed by atoms with van der Waals surface area (Å²) in [6.45, 7) is 10.8. The Kier molecular flexibility index (Phi) is 4.45. The van der Waals surface area contributed by atoms with Crippen molar-refractivity contribution < 1.29 is 4.74 Å². The van der Waals surface area contributed by atoms with Crippen LogP contribution in [0.15, 0.2) is 18.3 Å². The molecule has 2 aliphatic rings. The smallest absolute Gasteiger partial charge is 0.0594 e. The van der Waals surface area contributed by atoms with Crippen molar-refractivity contribution in [1.82, 2.24) is 9.88 Å². The average molecular weight is 289 g/mol. The fourth-order valence-electron chi connectivity index (χ4n) is 3.48. The maximum atomic E-state index is 5.49. The van der Waals surface area contributed by atoms with Crippen LogP contribution in [0.4, 0.5) is 5.69 Å². The van der Waals surface area contributed by atoms with E-state index in [4.69, 9.17) is 4.74 Å². The molecule has 2 fully saturated rings. The van der Waals surface area contributed by atoms with E-state index >= 15 is 0 Å². The van der Waals surface area contributed by atoms with Gasteiger partial charge in [-0.05, 0) is 38.3 Å². The van der Waals surface area contributed by atoms with Crippen LogP contribution in [-0.2, 0) is 11.2 Å². The first-order valence-corrected chi connectivity index (χ1v) is 8.24. The molecule has 0 amide bonds. The molecule has 4 nitrogen and oxygen atoms in total. The fourth-order valence-corrected chi connectivity index (χ4v) is 3.48. The van der Waals surface area contributed by atoms with E-state index in [1.165, 1.54) is 24.2 Å². The van der Waals surface area contributed by atoms with Crippen LogP contribution in [0.25, 0.3) is 0 Å². The number of anilines is 1. The number of rotatable bonds is 3. The summed E-state index contributed by atoms with van der Waals surface area (Å²) in [5.41, 5.74) is 2.79. The molecule has 3 heterocycles. The standard InChI is InChI=1S/C17H27N3O/c1-3-15-4-5-16(14-18-15)19-8-6-17(2,7-9-19)20-10-12-21-13-11-20/h4-5,14H,3,6-13H2,1-2H3. The lowest BCUT2D eigenvalue weighted by molar-refractivity contribution is -0.0248. The maximum Gasteiger partial charge on any atom is 0.0594 e. The van der Waals surface area contributed by atoms with Crippen molar-refractivity contribution in [3.05, 3.63) is 24.0 Å². The second-order valence-electron chi connectivity index (χ2n) is 6.44. The largest absolute Gasteiger partial charge is 0.379 e. The van der Waals surface area contributed by atoms with Crippen LogP contribution >= 0.6 is 0 Å². The molecule has 0 unspecified atom stereocenters. The number of morpholine rings is 1. The molecule has 0 saturated carbocycles. The molecular formula is C17H27N3O. The number of piperidine rings is 1. The Balaban J connectivity index is 1.61. The second kappa shape index (κ2) is 6.32. The molecule has 0 aromatic carbocycles. The van der Waals surface area contributed by atoms with Crippen LogP contribution < -0.4 is 4.90 Å². The summed E-state index contributed by atoms with van der Waals surface area (Å²) < 4.78 is 5.49. The van der Waals surface area contributed by atoms with Gasteiger partial charge in [0.1, 0.15) is 0 Å². The molecule has 0 atom stereocenters. The van der Waals surface area contributed by atoms with Crippen molar-refractivity contribution in [1.29, 1.82) is 0 Å². The molecule has 0 aliphatic carbocycles. The molecule has 1 aromatic heterocycles. The van der Waals surface area contributed by atoms with Gasteiger partial charge in [0.2, 0.25) is 0 Å². The lowest BCUT2D eigenvalue weighted by Gasteiger charge is -2.48. The monoisotopic (exact) mass is 289 g/mol. The van der Waals surface area contributed by atoms with Crippen molar-refractivity contribution in [2.24, 2.45) is 0 Å². The van der Waals surface area contributed by atoms with Crippen molar-refractivity contribution >= 4 is 5.69 Å². The third-order valence-electron chi connectivity index (χ3n) is 5.15. The first kappa shape index (κ1) is 14.8. The van der Waals surface area contributed by atoms with Gasteiger partial charge in [-0.2, -0.15) is 0 Å². The van der Waals surface area contributed by atoms with Gasteiger partial charge in [0, 0.05) is 37.4 Å². The highest BCUT2D eigenvalue weighted by atomic mass is 16.5. The number of hydrogen-bond donors (Lipinski definition) is 0. The van der Waals surface area contributed by atoms with Crippen LogP contribution in [0.3, 0.4) is 0 Å². The predicted molar refractivity (Wildman–Crippen MR) is 85.9 cm³/mol. The molecule has 0 radical (unpaired) electrons. The zero-order valence-corrected chi connectivity index (χ0v) is 13.3. The minimum Gasteiger partial charge on any atom is -0.379 e. The number of ether oxygens (including phenoxy) is 1. The van der Waals surface area contributed by atoms with Crippen molar-refractivity contribution in [2.45, 2.75) is 38.6 Å². The summed E-state index contributed by atoms with van der Waals surface area (Å²) in [7, 11) is 0. The van der Waals surface area contributed by atoms with Crippen LogP contribution in [0, 0.1) is 0 Å². The van der Waals surface area contributed by atoms with E-state index in [9.17, 15) is 0 Å². The molecule has 0 N–H and O–H groups in total. The van der Waals surface area contributed by atoms with E-state index in [2.05, 4.69) is 40.8 Å². The van der Waals surface area contributed by atoms with Gasteiger partial charge in [-0.1, -0.05) is 6.92 Å². The number of pyridine rings is 1. The Morgan fingerprint density at radius 2 is 1.86 bits per heavy atom. The van der Waals surface area contributed by atoms with Crippen LogP contribution in [0.5, 0.6) is 0 Å². The number of aromatic nitrogens is 1. The first-order chi connectivity index (χ1) is 10.2. The molecule has 0 spiro atoms. The number of aryl methyl sites for hydroxylation is 1. The zero-order chi connectivity index (χ0) is 14.7. The molecule has 116 valence electrons. The van der Waals surface area contributed by atoms with Gasteiger partial charge >= 0.3 is 0 Å². The van der Waals surface area contributed by atoms with Crippen molar-refractivity contribution in [2.75, 3.05) is 44.3 Å². The van der Waals surface area contributed by atoms with Gasteiger partial charge in [0.25, 0.3) is 0 Å². The fraction of sp³-hybridized carbons (Fsp3) is 0.706. The Morgan fingerprint density at radius 1 is 1.14 bits per heavy atom. The highest BCUT2D eigenvalue weighted by Gasteiger charge is 2.36. The summed E-state index contributed by atoms with van der Waals surface area (Å²) in [5.74, 6) is 0. The predicted octanol–water partition coefficient (Wildman–Crippen LogP) is 2.34. The Labute approximate surface area is 128 Å². The molecule has 1 aromatic rings. The number of nitrogens with zero attached hydrogens (tertiary/aromatic N) is 3. The van der Waals surface area contributed by atoms with Crippen LogP contribution in [-0.4, -0.2) is 54.8 Å². The van der Waals surface area contributed by atoms with Gasteiger partial charge in [-0.15, -0.1) is 0 Å². The third kappa shape index (κ3) is 3.22. The van der Waals surface area contributed by atoms with Gasteiger partial charge in [-0.3, -0.25) is 9.88 Å². The minimum absolute atomic E-state index is 0.344. The summed E-state index contributed by atoms with van der Waals surface area (Å²) in [4.78, 5) is 9.64. The van der Waals surface area contributed by atoms with Crippen LogP contribution in [0.1, 0.15) is 32.4 Å². The van der Waals surface area contributed by atoms with E-state index in [0.717, 1.165) is 45.8 Å². The van der Waals surface area contributed by atoms with E-state index in [-0.39, 0.29) is 0 Å². The minimum atomic E-state index is 0.344. The Hall–Kier alpha value is -1.13. The van der Waals surface area contributed by atoms with Crippen molar-refractivity contribution in [3.8, 4) is 0 Å². The quantitative estimate of drug-likeness (QED) is 0.854. The van der Waals surface area contributed by atoms with E-state index in [1.54, 1.807) is 0 Å². The first-order valence-electron chi connectivity index (χ1n) is 8.24. The molecule has 3 rings (SSSR count). The van der Waals surface area contributed by atoms with Crippen molar-refractivity contribution in [3.63, 3.8) is 0 Å². The maximum absolute atomic E-state index is 5.49. The normalized spacial score (nSPS) is 23.2. The highest BCUT2D eigenvalue weighted by Crippen LogP contribution is 2.31. The van der Waals surface area contributed by atoms with Gasteiger partial charge in [-0.25, -0.2) is 0 Å². The second-order valence-corrected chi connectivity index (χ2v) is 6.44. The SMILES string of the molecule is CCc1ccc(N2CCC(C)(N3CCOCC3)CC2)cn1. The number of hydrogen-bond acceptors (Lipinski definition) is 4. The summed E-state index contributed by atoms with van der Waals surface area (Å²) >= 11 is 0. The van der Waals surface area contributed by atoms with Gasteiger partial charge in [0.15, 0.2) is 0 Å². The van der Waals surface area contributed by atoms with E-state index in [0.29, 0.717) is 5.54 Å². The molecule has 2 saturated heterocycles. The highest BCUT2D eigenvalue weighted by molar-refractivity contribution is 5.45. The molecular weight excluding hydrogens is 262 g/mol. The summed E-state index contributed by atoms with van der Waals surface area (Å²) in [6, 6.07) is 4.38. The third-order valence-corrected chi connectivity index (χ3v) is 5.15. The van der Waals surface area contributed by atoms with Crippen LogP contribution in [0.2, 0.25) is 0 Å². The summed E-state index contributed by atoms with van der Waals surface area (Å²) in [5, 5.41) is 0. The zero-order valence-electron chi connectivity index (χ0n) is 13.3. The Morgan fingerprint density at radius 3 is 2.43 bits per heavy atom. The van der Waals surface area contributed by atoms with Gasteiger partial charge < -0.3 is 9.64 Å².